The molecule has 1 aliphatic heterocycles. The molecule has 1 aromatic rings. The Kier molecular flexibility index (Phi) is 6.06. The van der Waals surface area contributed by atoms with Crippen LogP contribution in [0.25, 0.3) is 0 Å². The fraction of sp³-hybridized carbons (Fsp3) is 0.562. The Hall–Kier alpha value is -1.30. The predicted molar refractivity (Wildman–Crippen MR) is 87.2 cm³/mol. The maximum atomic E-state index is 12.6. The third kappa shape index (κ3) is 3.72. The quantitative estimate of drug-likeness (QED) is 0.893. The zero-order chi connectivity index (χ0) is 16.1. The highest BCUT2D eigenvalue weighted by Crippen LogP contribution is 2.27. The molecule has 0 aromatic heterocycles. The van der Waals surface area contributed by atoms with E-state index >= 15 is 0 Å². The van der Waals surface area contributed by atoms with E-state index in [1.165, 1.54) is 0 Å². The molecule has 1 aliphatic rings. The molecule has 0 bridgehead atoms. The lowest BCUT2D eigenvalue weighted by Gasteiger charge is -2.39. The second-order valence-corrected chi connectivity index (χ2v) is 6.10. The van der Waals surface area contributed by atoms with Gasteiger partial charge in [-0.15, -0.1) is 0 Å². The molecule has 5 nitrogen and oxygen atoms in total. The third-order valence-corrected chi connectivity index (χ3v) is 4.57. The van der Waals surface area contributed by atoms with Gasteiger partial charge in [-0.25, -0.2) is 4.79 Å². The van der Waals surface area contributed by atoms with Crippen LogP contribution in [0.15, 0.2) is 18.2 Å². The number of nitrogens with zero attached hydrogens (tertiary/aromatic N) is 1. The molecule has 2 atom stereocenters. The van der Waals surface area contributed by atoms with Crippen molar-refractivity contribution in [2.75, 3.05) is 25.6 Å². The highest BCUT2D eigenvalue weighted by Gasteiger charge is 2.31. The number of anilines is 1. The Balaban J connectivity index is 2.16. The standard InChI is InChI=1S/C16H23ClN2O3/c1-11-5-4-8-19(15(11)9-20)16(21)18-14-7-3-6-13(17)12(14)10-22-2/h3,6-7,11,15,20H,4-5,8-10H2,1-2H3,(H,18,21)/t11-,15-/m0/s1. The summed E-state index contributed by atoms with van der Waals surface area (Å²) in [5.74, 6) is 0.294. The summed E-state index contributed by atoms with van der Waals surface area (Å²) < 4.78 is 5.15. The second kappa shape index (κ2) is 7.81. The van der Waals surface area contributed by atoms with Crippen LogP contribution >= 0.6 is 11.6 Å². The minimum atomic E-state index is -0.204. The zero-order valence-corrected chi connectivity index (χ0v) is 13.8. The molecule has 1 aromatic carbocycles. The van der Waals surface area contributed by atoms with Gasteiger partial charge in [0.1, 0.15) is 0 Å². The van der Waals surface area contributed by atoms with E-state index < -0.39 is 0 Å². The number of aliphatic hydroxyl groups is 1. The normalized spacial score (nSPS) is 21.7. The van der Waals surface area contributed by atoms with E-state index in [-0.39, 0.29) is 18.7 Å². The Morgan fingerprint density at radius 1 is 1.55 bits per heavy atom. The first-order valence-electron chi connectivity index (χ1n) is 7.53. The van der Waals surface area contributed by atoms with Gasteiger partial charge in [-0.2, -0.15) is 0 Å². The van der Waals surface area contributed by atoms with Gasteiger partial charge in [0.05, 0.1) is 19.3 Å². The highest BCUT2D eigenvalue weighted by atomic mass is 35.5. The average molecular weight is 327 g/mol. The Labute approximate surface area is 136 Å². The van der Waals surface area contributed by atoms with Crippen LogP contribution in [0.1, 0.15) is 25.3 Å². The maximum absolute atomic E-state index is 12.6. The molecule has 2 amide bonds. The molecule has 22 heavy (non-hydrogen) atoms. The van der Waals surface area contributed by atoms with Crippen molar-refractivity contribution in [1.29, 1.82) is 0 Å². The van der Waals surface area contributed by atoms with Gasteiger partial charge in [-0.1, -0.05) is 24.6 Å². The summed E-state index contributed by atoms with van der Waals surface area (Å²) in [6.07, 6.45) is 1.98. The molecule has 6 heteroatoms. The SMILES string of the molecule is COCc1c(Cl)cccc1NC(=O)N1CCC[C@H](C)[C@@H]1CO. The summed E-state index contributed by atoms with van der Waals surface area (Å²) in [7, 11) is 1.59. The summed E-state index contributed by atoms with van der Waals surface area (Å²) in [5, 5.41) is 13.0. The number of rotatable bonds is 4. The van der Waals surface area contributed by atoms with Crippen molar-refractivity contribution in [3.05, 3.63) is 28.8 Å². The molecule has 1 fully saturated rings. The van der Waals surface area contributed by atoms with Gasteiger partial charge in [-0.05, 0) is 30.9 Å². The number of methoxy groups -OCH3 is 1. The molecule has 122 valence electrons. The van der Waals surface area contributed by atoms with Gasteiger partial charge in [0.2, 0.25) is 0 Å². The molecular weight excluding hydrogens is 304 g/mol. The number of ether oxygens (including phenoxy) is 1. The summed E-state index contributed by atoms with van der Waals surface area (Å²) >= 11 is 6.17. The lowest BCUT2D eigenvalue weighted by Crippen LogP contribution is -2.51. The summed E-state index contributed by atoms with van der Waals surface area (Å²) in [6.45, 7) is 3.03. The van der Waals surface area contributed by atoms with Gasteiger partial charge in [-0.3, -0.25) is 0 Å². The van der Waals surface area contributed by atoms with Crippen LogP contribution in [0.5, 0.6) is 0 Å². The molecule has 0 saturated carbocycles. The number of benzene rings is 1. The highest BCUT2D eigenvalue weighted by molar-refractivity contribution is 6.31. The van der Waals surface area contributed by atoms with Crippen LogP contribution in [-0.4, -0.2) is 42.3 Å². The molecule has 0 aliphatic carbocycles. The molecule has 1 saturated heterocycles. The van der Waals surface area contributed by atoms with E-state index in [4.69, 9.17) is 16.3 Å². The molecule has 2 N–H and O–H groups in total. The van der Waals surface area contributed by atoms with Crippen LogP contribution in [0.3, 0.4) is 0 Å². The Morgan fingerprint density at radius 2 is 2.32 bits per heavy atom. The number of halogens is 1. The van der Waals surface area contributed by atoms with Crippen LogP contribution < -0.4 is 5.32 Å². The number of carbonyl (C=O) groups excluding carboxylic acids is 1. The summed E-state index contributed by atoms with van der Waals surface area (Å²) in [5.41, 5.74) is 1.40. The average Bonchev–Trinajstić information content (AvgIpc) is 2.50. The van der Waals surface area contributed by atoms with Gasteiger partial charge in [0, 0.05) is 29.9 Å². The topological polar surface area (TPSA) is 61.8 Å². The molecule has 2 rings (SSSR count). The van der Waals surface area contributed by atoms with E-state index in [1.807, 2.05) is 0 Å². The van der Waals surface area contributed by atoms with Gasteiger partial charge in [0.15, 0.2) is 0 Å². The van der Waals surface area contributed by atoms with Crippen LogP contribution in [0.2, 0.25) is 5.02 Å². The molecule has 0 spiro atoms. The monoisotopic (exact) mass is 326 g/mol. The molecular formula is C16H23ClN2O3. The van der Waals surface area contributed by atoms with E-state index in [0.29, 0.717) is 29.8 Å². The first kappa shape index (κ1) is 17.1. The van der Waals surface area contributed by atoms with E-state index in [1.54, 1.807) is 30.2 Å². The zero-order valence-electron chi connectivity index (χ0n) is 13.0. The van der Waals surface area contributed by atoms with E-state index in [9.17, 15) is 9.90 Å². The number of hydrogen-bond donors (Lipinski definition) is 2. The maximum Gasteiger partial charge on any atom is 0.322 e. The molecule has 0 radical (unpaired) electrons. The first-order valence-corrected chi connectivity index (χ1v) is 7.91. The van der Waals surface area contributed by atoms with Crippen molar-refractivity contribution in [2.24, 2.45) is 5.92 Å². The number of carbonyl (C=O) groups is 1. The number of amides is 2. The van der Waals surface area contributed by atoms with Crippen molar-refractivity contribution in [1.82, 2.24) is 4.90 Å². The third-order valence-electron chi connectivity index (χ3n) is 4.21. The summed E-state index contributed by atoms with van der Waals surface area (Å²) in [6, 6.07) is 5.02. The second-order valence-electron chi connectivity index (χ2n) is 5.69. The predicted octanol–water partition coefficient (Wildman–Crippen LogP) is 3.11. The van der Waals surface area contributed by atoms with Gasteiger partial charge < -0.3 is 20.1 Å². The van der Waals surface area contributed by atoms with E-state index in [2.05, 4.69) is 12.2 Å². The van der Waals surface area contributed by atoms with Crippen molar-refractivity contribution >= 4 is 23.3 Å². The van der Waals surface area contributed by atoms with Crippen molar-refractivity contribution in [3.63, 3.8) is 0 Å². The lowest BCUT2D eigenvalue weighted by molar-refractivity contribution is 0.0811. The van der Waals surface area contributed by atoms with Crippen molar-refractivity contribution < 1.29 is 14.6 Å². The fourth-order valence-electron chi connectivity index (χ4n) is 2.93. The number of likely N-dealkylation sites (tertiary alicyclic amines) is 1. The molecule has 0 unspecified atom stereocenters. The smallest absolute Gasteiger partial charge is 0.322 e. The number of hydrogen-bond acceptors (Lipinski definition) is 3. The minimum absolute atomic E-state index is 0.0188. The van der Waals surface area contributed by atoms with Crippen LogP contribution in [-0.2, 0) is 11.3 Å². The largest absolute Gasteiger partial charge is 0.394 e. The number of piperidine rings is 1. The Morgan fingerprint density at radius 3 is 3.00 bits per heavy atom. The summed E-state index contributed by atoms with van der Waals surface area (Å²) in [4.78, 5) is 14.3. The lowest BCUT2D eigenvalue weighted by atomic mass is 9.91. The van der Waals surface area contributed by atoms with E-state index in [0.717, 1.165) is 18.4 Å². The number of aliphatic hydroxyl groups excluding tert-OH is 1. The van der Waals surface area contributed by atoms with Gasteiger partial charge in [0.25, 0.3) is 0 Å². The van der Waals surface area contributed by atoms with Gasteiger partial charge >= 0.3 is 6.03 Å². The first-order chi connectivity index (χ1) is 10.6. The van der Waals surface area contributed by atoms with Crippen molar-refractivity contribution in [3.8, 4) is 0 Å². The Bertz CT molecular complexity index is 524. The molecule has 1 heterocycles. The minimum Gasteiger partial charge on any atom is -0.394 e. The fourth-order valence-corrected chi connectivity index (χ4v) is 3.16. The van der Waals surface area contributed by atoms with Crippen LogP contribution in [0, 0.1) is 5.92 Å². The van der Waals surface area contributed by atoms with Crippen molar-refractivity contribution in [2.45, 2.75) is 32.4 Å². The number of nitrogens with one attached hydrogen (secondary N) is 1. The van der Waals surface area contributed by atoms with Crippen LogP contribution in [0.4, 0.5) is 10.5 Å². The number of urea groups is 1.